The van der Waals surface area contributed by atoms with Crippen LogP contribution in [0.2, 0.25) is 0 Å². The van der Waals surface area contributed by atoms with E-state index >= 15 is 0 Å². The molecule has 0 spiro atoms. The van der Waals surface area contributed by atoms with Gasteiger partial charge in [0.25, 0.3) is 11.8 Å². The Hall–Kier alpha value is -3.19. The van der Waals surface area contributed by atoms with Gasteiger partial charge in [-0.05, 0) is 30.3 Å². The van der Waals surface area contributed by atoms with Gasteiger partial charge in [-0.15, -0.1) is 11.3 Å². The maximum absolute atomic E-state index is 12.4. The van der Waals surface area contributed by atoms with Crippen LogP contribution in [0, 0.1) is 0 Å². The Bertz CT molecular complexity index is 894. The molecule has 0 fully saturated rings. The van der Waals surface area contributed by atoms with Crippen molar-refractivity contribution in [3.8, 4) is 5.75 Å². The average Bonchev–Trinajstić information content (AvgIpc) is 3.14. The number of benzene rings is 2. The molecule has 0 bridgehead atoms. The van der Waals surface area contributed by atoms with Gasteiger partial charge in [0.05, 0.1) is 12.7 Å². The highest BCUT2D eigenvalue weighted by Gasteiger charge is 2.13. The van der Waals surface area contributed by atoms with Gasteiger partial charge in [-0.2, -0.15) is 0 Å². The summed E-state index contributed by atoms with van der Waals surface area (Å²) in [5.41, 5.74) is 1.36. The lowest BCUT2D eigenvalue weighted by atomic mass is 10.1. The van der Waals surface area contributed by atoms with Crippen LogP contribution in [0.15, 0.2) is 60.1 Å². The van der Waals surface area contributed by atoms with E-state index in [1.165, 1.54) is 18.4 Å². The number of hydrogen-bond acceptors (Lipinski definition) is 5. The van der Waals surface area contributed by atoms with Crippen LogP contribution in [0.3, 0.4) is 0 Å². The number of hydrogen-bond donors (Lipinski definition) is 2. The average molecular weight is 353 g/mol. The zero-order chi connectivity index (χ0) is 17.6. The first-order valence-corrected chi connectivity index (χ1v) is 8.30. The molecule has 6 nitrogen and oxygen atoms in total. The topological polar surface area (TPSA) is 80.3 Å². The highest BCUT2D eigenvalue weighted by molar-refractivity contribution is 7.13. The molecule has 3 aromatic rings. The smallest absolute Gasteiger partial charge is 0.259 e. The molecule has 3 rings (SSSR count). The van der Waals surface area contributed by atoms with E-state index in [2.05, 4.69) is 15.6 Å². The van der Waals surface area contributed by atoms with E-state index in [4.69, 9.17) is 4.74 Å². The molecule has 2 amide bonds. The van der Waals surface area contributed by atoms with Crippen LogP contribution < -0.4 is 15.4 Å². The molecule has 0 atom stereocenters. The van der Waals surface area contributed by atoms with Crippen molar-refractivity contribution in [2.75, 3.05) is 17.7 Å². The molecule has 0 saturated carbocycles. The number of rotatable bonds is 5. The number of thiazole rings is 1. The quantitative estimate of drug-likeness (QED) is 0.734. The molecule has 0 unspecified atom stereocenters. The zero-order valence-electron chi connectivity index (χ0n) is 13.4. The van der Waals surface area contributed by atoms with E-state index in [0.717, 1.165) is 0 Å². The fourth-order valence-corrected chi connectivity index (χ4v) is 2.75. The van der Waals surface area contributed by atoms with Gasteiger partial charge in [-0.3, -0.25) is 14.9 Å². The summed E-state index contributed by atoms with van der Waals surface area (Å²) in [6, 6.07) is 13.6. The zero-order valence-corrected chi connectivity index (χ0v) is 14.2. The number of ether oxygens (including phenoxy) is 1. The van der Waals surface area contributed by atoms with Crippen LogP contribution in [0.4, 0.5) is 10.8 Å². The second kappa shape index (κ2) is 7.59. The molecule has 0 aliphatic rings. The molecule has 0 aliphatic heterocycles. The lowest BCUT2D eigenvalue weighted by molar-refractivity contribution is 0.101. The van der Waals surface area contributed by atoms with Crippen LogP contribution in [-0.2, 0) is 0 Å². The highest BCUT2D eigenvalue weighted by Crippen LogP contribution is 2.20. The van der Waals surface area contributed by atoms with Gasteiger partial charge in [0, 0.05) is 22.8 Å². The normalized spacial score (nSPS) is 10.1. The van der Waals surface area contributed by atoms with Gasteiger partial charge >= 0.3 is 0 Å². The second-order valence-electron chi connectivity index (χ2n) is 5.03. The number of amides is 2. The molecule has 0 radical (unpaired) electrons. The minimum Gasteiger partial charge on any atom is -0.496 e. The maximum atomic E-state index is 12.4. The van der Waals surface area contributed by atoms with Gasteiger partial charge in [0.1, 0.15) is 5.75 Å². The lowest BCUT2D eigenvalue weighted by Gasteiger charge is -2.10. The first-order valence-electron chi connectivity index (χ1n) is 7.42. The number of nitrogens with zero attached hydrogens (tertiary/aromatic N) is 1. The van der Waals surface area contributed by atoms with Crippen LogP contribution in [0.25, 0.3) is 0 Å². The Morgan fingerprint density at radius 1 is 1.04 bits per heavy atom. The van der Waals surface area contributed by atoms with E-state index in [1.54, 1.807) is 60.1 Å². The van der Waals surface area contributed by atoms with Crippen molar-refractivity contribution in [3.63, 3.8) is 0 Å². The van der Waals surface area contributed by atoms with Crippen molar-refractivity contribution in [1.82, 2.24) is 4.98 Å². The van der Waals surface area contributed by atoms with Crippen molar-refractivity contribution in [1.29, 1.82) is 0 Å². The molecule has 1 aromatic heterocycles. The number of para-hydroxylation sites is 1. The van der Waals surface area contributed by atoms with Crippen LogP contribution in [-0.4, -0.2) is 23.9 Å². The number of aromatic nitrogens is 1. The third kappa shape index (κ3) is 4.02. The molecule has 1 heterocycles. The second-order valence-corrected chi connectivity index (χ2v) is 5.92. The minimum absolute atomic E-state index is 0.289. The van der Waals surface area contributed by atoms with Crippen molar-refractivity contribution >= 4 is 34.0 Å². The third-order valence-electron chi connectivity index (χ3n) is 3.39. The first kappa shape index (κ1) is 16.7. The summed E-state index contributed by atoms with van der Waals surface area (Å²) in [4.78, 5) is 28.7. The SMILES string of the molecule is COc1ccccc1C(=O)Nc1cccc(C(=O)Nc2nccs2)c1. The number of anilines is 2. The molecular weight excluding hydrogens is 338 g/mol. The minimum atomic E-state index is -0.310. The van der Waals surface area contributed by atoms with Gasteiger partial charge in [0.2, 0.25) is 0 Å². The first-order chi connectivity index (χ1) is 12.2. The van der Waals surface area contributed by atoms with Crippen LogP contribution in [0.1, 0.15) is 20.7 Å². The summed E-state index contributed by atoms with van der Waals surface area (Å²) >= 11 is 1.34. The van der Waals surface area contributed by atoms with Crippen molar-refractivity contribution < 1.29 is 14.3 Å². The number of nitrogens with one attached hydrogen (secondary N) is 2. The predicted octanol–water partition coefficient (Wildman–Crippen LogP) is 3.66. The number of carbonyl (C=O) groups excluding carboxylic acids is 2. The summed E-state index contributed by atoms with van der Waals surface area (Å²) < 4.78 is 5.19. The Morgan fingerprint density at radius 2 is 1.88 bits per heavy atom. The van der Waals surface area contributed by atoms with E-state index in [-0.39, 0.29) is 11.8 Å². The summed E-state index contributed by atoms with van der Waals surface area (Å²) in [6.07, 6.45) is 1.62. The number of methoxy groups -OCH3 is 1. The van der Waals surface area contributed by atoms with Gasteiger partial charge in [-0.1, -0.05) is 18.2 Å². The van der Waals surface area contributed by atoms with Crippen molar-refractivity contribution in [3.05, 3.63) is 71.2 Å². The summed E-state index contributed by atoms with van der Waals surface area (Å²) in [5, 5.41) is 7.78. The lowest BCUT2D eigenvalue weighted by Crippen LogP contribution is -2.15. The van der Waals surface area contributed by atoms with Crippen LogP contribution >= 0.6 is 11.3 Å². The van der Waals surface area contributed by atoms with Crippen LogP contribution in [0.5, 0.6) is 5.75 Å². The largest absolute Gasteiger partial charge is 0.496 e. The monoisotopic (exact) mass is 353 g/mol. The Balaban J connectivity index is 1.75. The van der Waals surface area contributed by atoms with Crippen molar-refractivity contribution in [2.24, 2.45) is 0 Å². The molecule has 2 aromatic carbocycles. The standard InChI is InChI=1S/C18H15N3O3S/c1-24-15-8-3-2-7-14(15)17(23)20-13-6-4-5-12(11-13)16(22)21-18-19-9-10-25-18/h2-11H,1H3,(H,20,23)(H,19,21,22). The molecule has 7 heteroatoms. The van der Waals surface area contributed by atoms with E-state index in [0.29, 0.717) is 27.7 Å². The van der Waals surface area contributed by atoms with E-state index < -0.39 is 0 Å². The molecule has 2 N–H and O–H groups in total. The van der Waals surface area contributed by atoms with E-state index in [9.17, 15) is 9.59 Å². The third-order valence-corrected chi connectivity index (χ3v) is 4.08. The summed E-state index contributed by atoms with van der Waals surface area (Å²) in [7, 11) is 1.51. The number of carbonyl (C=O) groups is 2. The van der Waals surface area contributed by atoms with E-state index in [1.807, 2.05) is 0 Å². The Labute approximate surface area is 148 Å². The maximum Gasteiger partial charge on any atom is 0.259 e. The fourth-order valence-electron chi connectivity index (χ4n) is 2.22. The summed E-state index contributed by atoms with van der Waals surface area (Å²) in [5.74, 6) is -0.115. The highest BCUT2D eigenvalue weighted by atomic mass is 32.1. The van der Waals surface area contributed by atoms with Gasteiger partial charge < -0.3 is 10.1 Å². The Morgan fingerprint density at radius 3 is 2.64 bits per heavy atom. The summed E-state index contributed by atoms with van der Waals surface area (Å²) in [6.45, 7) is 0. The molecular formula is C18H15N3O3S. The molecule has 0 saturated heterocycles. The fraction of sp³-hybridized carbons (Fsp3) is 0.0556. The molecule has 25 heavy (non-hydrogen) atoms. The predicted molar refractivity (Wildman–Crippen MR) is 97.5 cm³/mol. The van der Waals surface area contributed by atoms with Crippen molar-refractivity contribution in [2.45, 2.75) is 0 Å². The van der Waals surface area contributed by atoms with Gasteiger partial charge in [-0.25, -0.2) is 4.98 Å². The molecule has 126 valence electrons. The van der Waals surface area contributed by atoms with Gasteiger partial charge in [0.15, 0.2) is 5.13 Å². The Kier molecular flexibility index (Phi) is 5.06. The molecule has 0 aliphatic carbocycles.